The highest BCUT2D eigenvalue weighted by Crippen LogP contribution is 2.31. The van der Waals surface area contributed by atoms with E-state index in [1.165, 1.54) is 12.3 Å². The number of nitro benzene ring substituents is 1. The van der Waals surface area contributed by atoms with Crippen LogP contribution in [0.1, 0.15) is 35.2 Å². The molecule has 1 fully saturated rings. The molecule has 3 aromatic rings. The van der Waals surface area contributed by atoms with Crippen LogP contribution < -0.4 is 15.4 Å². The maximum Gasteiger partial charge on any atom is 0.279 e. The van der Waals surface area contributed by atoms with Crippen LogP contribution in [-0.2, 0) is 16.1 Å². The number of nitrogens with zero attached hydrogens (tertiary/aromatic N) is 3. The molecule has 1 atom stereocenters. The molecule has 0 spiro atoms. The molecular weight excluding hydrogens is 490 g/mol. The summed E-state index contributed by atoms with van der Waals surface area (Å²) in [6, 6.07) is 11.7. The van der Waals surface area contributed by atoms with Crippen molar-refractivity contribution in [3.8, 4) is 17.0 Å². The maximum absolute atomic E-state index is 12.6. The summed E-state index contributed by atoms with van der Waals surface area (Å²) in [7, 11) is 0. The quantitative estimate of drug-likeness (QED) is 0.383. The first-order chi connectivity index (χ1) is 18.6. The van der Waals surface area contributed by atoms with Crippen LogP contribution in [0.2, 0.25) is 0 Å². The second kappa shape index (κ2) is 12.0. The van der Waals surface area contributed by atoms with Gasteiger partial charge in [-0.25, -0.2) is 9.97 Å². The number of nitrogens with one attached hydrogen (secondary N) is 2. The highest BCUT2D eigenvalue weighted by Gasteiger charge is 2.21. The first-order valence-electron chi connectivity index (χ1n) is 12.6. The first-order valence-corrected chi connectivity index (χ1v) is 12.6. The normalized spacial score (nSPS) is 18.0. The number of aromatic nitrogens is 2. The van der Waals surface area contributed by atoms with E-state index >= 15 is 0 Å². The Hall–Kier alpha value is -4.09. The highest BCUT2D eigenvalue weighted by atomic mass is 16.6. The molecule has 4 heterocycles. The third-order valence-corrected chi connectivity index (χ3v) is 6.46. The zero-order chi connectivity index (χ0) is 26.3. The van der Waals surface area contributed by atoms with E-state index in [0.717, 1.165) is 36.4 Å². The minimum absolute atomic E-state index is 0.204. The predicted molar refractivity (Wildman–Crippen MR) is 139 cm³/mol. The molecule has 1 aromatic heterocycles. The molecule has 0 aliphatic carbocycles. The number of rotatable bonds is 4. The van der Waals surface area contributed by atoms with Crippen LogP contribution >= 0.6 is 0 Å². The summed E-state index contributed by atoms with van der Waals surface area (Å²) in [5.74, 6) is 1.02. The van der Waals surface area contributed by atoms with Crippen molar-refractivity contribution in [2.45, 2.75) is 25.9 Å². The Kier molecular flexibility index (Phi) is 8.05. The Bertz CT molecular complexity index is 1310. The molecule has 3 aliphatic rings. The highest BCUT2D eigenvalue weighted by molar-refractivity contribution is 5.96. The summed E-state index contributed by atoms with van der Waals surface area (Å²) in [5.41, 5.74) is 2.28. The first kappa shape index (κ1) is 25.6. The second-order valence-electron chi connectivity index (χ2n) is 9.26. The van der Waals surface area contributed by atoms with Crippen LogP contribution in [0.15, 0.2) is 48.7 Å². The Morgan fingerprint density at radius 2 is 2.03 bits per heavy atom. The number of ether oxygens (including phenoxy) is 3. The van der Waals surface area contributed by atoms with Gasteiger partial charge < -0.3 is 24.8 Å². The summed E-state index contributed by atoms with van der Waals surface area (Å²) in [6.07, 6.45) is 3.96. The maximum atomic E-state index is 12.6. The topological polar surface area (TPSA) is 138 Å². The fourth-order valence-electron chi connectivity index (χ4n) is 4.39. The number of nitro groups is 1. The second-order valence-corrected chi connectivity index (χ2v) is 9.26. The number of hydrogen-bond donors (Lipinski definition) is 2. The van der Waals surface area contributed by atoms with Crippen molar-refractivity contribution in [1.82, 2.24) is 15.3 Å². The number of anilines is 2. The van der Waals surface area contributed by atoms with Gasteiger partial charge in [0, 0.05) is 54.8 Å². The summed E-state index contributed by atoms with van der Waals surface area (Å²) >= 11 is 0. The number of carbonyl (C=O) groups excluding carboxylic acids is 1. The van der Waals surface area contributed by atoms with Gasteiger partial charge in [-0.1, -0.05) is 0 Å². The van der Waals surface area contributed by atoms with Crippen LogP contribution in [-0.4, -0.2) is 53.8 Å². The zero-order valence-corrected chi connectivity index (χ0v) is 20.9. The van der Waals surface area contributed by atoms with Crippen molar-refractivity contribution in [2.75, 3.05) is 38.3 Å². The standard InChI is InChI=1S/C27H29N5O6/c33-26-19-3-5-22(24(14-19)32(34)35)23-7-10-29-27(31-23)30-21-4-6-25(38-16-18-8-12-37-15-18)20(13-21)17-36-11-2-1-9-28-26/h3-7,10,13-14,18H,1-2,8-9,11-12,15-17H2,(H,28,33)(H,29,30,31). The van der Waals surface area contributed by atoms with Crippen LogP contribution in [0, 0.1) is 16.0 Å². The SMILES string of the molecule is O=C1NCCCCOCc2cc(ccc2OCC2CCOC2)Nc2nccc(n2)-c2ccc1cc2[N+](=O)[O-]. The molecule has 3 aliphatic heterocycles. The lowest BCUT2D eigenvalue weighted by molar-refractivity contribution is -0.384. The lowest BCUT2D eigenvalue weighted by Gasteiger charge is -2.16. The van der Waals surface area contributed by atoms with E-state index in [4.69, 9.17) is 14.2 Å². The fraction of sp³-hybridized carbons (Fsp3) is 0.370. The van der Waals surface area contributed by atoms with Crippen molar-refractivity contribution in [3.63, 3.8) is 0 Å². The number of hydrogen-bond acceptors (Lipinski definition) is 9. The molecule has 38 heavy (non-hydrogen) atoms. The van der Waals surface area contributed by atoms with Gasteiger partial charge in [0.15, 0.2) is 0 Å². The molecule has 1 unspecified atom stereocenters. The van der Waals surface area contributed by atoms with Crippen molar-refractivity contribution in [2.24, 2.45) is 5.92 Å². The Balaban J connectivity index is 1.45. The van der Waals surface area contributed by atoms with Crippen molar-refractivity contribution in [1.29, 1.82) is 0 Å². The van der Waals surface area contributed by atoms with Gasteiger partial charge in [0.1, 0.15) is 5.75 Å². The molecule has 6 rings (SSSR count). The number of carbonyl (C=O) groups is 1. The van der Waals surface area contributed by atoms with E-state index in [0.29, 0.717) is 56.6 Å². The van der Waals surface area contributed by atoms with Gasteiger partial charge in [0.2, 0.25) is 5.95 Å². The predicted octanol–water partition coefficient (Wildman–Crippen LogP) is 4.25. The van der Waals surface area contributed by atoms with E-state index in [-0.39, 0.29) is 23.1 Å². The third-order valence-electron chi connectivity index (χ3n) is 6.46. The van der Waals surface area contributed by atoms with Gasteiger partial charge in [0.25, 0.3) is 11.6 Å². The van der Waals surface area contributed by atoms with Gasteiger partial charge in [0.05, 0.1) is 36.0 Å². The molecule has 11 nitrogen and oxygen atoms in total. The fourth-order valence-corrected chi connectivity index (χ4v) is 4.39. The van der Waals surface area contributed by atoms with E-state index in [2.05, 4.69) is 20.6 Å². The number of amides is 1. The Morgan fingerprint density at radius 1 is 1.11 bits per heavy atom. The van der Waals surface area contributed by atoms with Crippen molar-refractivity contribution >= 4 is 23.2 Å². The Morgan fingerprint density at radius 3 is 2.87 bits per heavy atom. The van der Waals surface area contributed by atoms with Gasteiger partial charge in [-0.2, -0.15) is 0 Å². The van der Waals surface area contributed by atoms with Gasteiger partial charge in [-0.3, -0.25) is 14.9 Å². The molecule has 1 amide bonds. The number of fused-ring (bicyclic) bond motifs is 9. The largest absolute Gasteiger partial charge is 0.493 e. The lowest BCUT2D eigenvalue weighted by atomic mass is 10.1. The minimum atomic E-state index is -0.510. The van der Waals surface area contributed by atoms with Crippen LogP contribution in [0.4, 0.5) is 17.3 Å². The smallest absolute Gasteiger partial charge is 0.279 e. The van der Waals surface area contributed by atoms with Crippen molar-refractivity contribution in [3.05, 3.63) is 69.9 Å². The third kappa shape index (κ3) is 6.24. The molecule has 2 aromatic carbocycles. The number of benzene rings is 2. The van der Waals surface area contributed by atoms with Gasteiger partial charge in [-0.15, -0.1) is 0 Å². The molecular formula is C27H29N5O6. The van der Waals surface area contributed by atoms with Crippen molar-refractivity contribution < 1.29 is 23.9 Å². The van der Waals surface area contributed by atoms with Crippen LogP contribution in [0.25, 0.3) is 11.3 Å². The molecule has 0 saturated carbocycles. The monoisotopic (exact) mass is 519 g/mol. The van der Waals surface area contributed by atoms with Crippen LogP contribution in [0.3, 0.4) is 0 Å². The van der Waals surface area contributed by atoms with Crippen LogP contribution in [0.5, 0.6) is 5.75 Å². The van der Waals surface area contributed by atoms with E-state index in [1.54, 1.807) is 18.2 Å². The molecule has 2 N–H and O–H groups in total. The minimum Gasteiger partial charge on any atom is -0.493 e. The summed E-state index contributed by atoms with van der Waals surface area (Å²) in [5, 5.41) is 17.8. The molecule has 0 radical (unpaired) electrons. The van der Waals surface area contributed by atoms with E-state index in [1.807, 2.05) is 18.2 Å². The summed E-state index contributed by atoms with van der Waals surface area (Å²) in [4.78, 5) is 32.7. The average molecular weight is 520 g/mol. The summed E-state index contributed by atoms with van der Waals surface area (Å²) < 4.78 is 17.5. The molecule has 1 saturated heterocycles. The average Bonchev–Trinajstić information content (AvgIpc) is 3.45. The zero-order valence-electron chi connectivity index (χ0n) is 20.9. The molecule has 6 bridgehead atoms. The van der Waals surface area contributed by atoms with E-state index < -0.39 is 4.92 Å². The van der Waals surface area contributed by atoms with E-state index in [9.17, 15) is 14.9 Å². The Labute approximate surface area is 219 Å². The molecule has 11 heteroatoms. The lowest BCUT2D eigenvalue weighted by Crippen LogP contribution is -2.24. The van der Waals surface area contributed by atoms with Gasteiger partial charge in [-0.05, 0) is 55.7 Å². The van der Waals surface area contributed by atoms with Gasteiger partial charge >= 0.3 is 0 Å². The summed E-state index contributed by atoms with van der Waals surface area (Å²) in [6.45, 7) is 3.34. The molecule has 198 valence electrons.